The molecule has 3 heterocycles. The topological polar surface area (TPSA) is 92.8 Å². The molecule has 10 heteroatoms. The quantitative estimate of drug-likeness (QED) is 0.117. The summed E-state index contributed by atoms with van der Waals surface area (Å²) in [6.07, 6.45) is 8.26. The molecule has 0 aliphatic carbocycles. The zero-order valence-corrected chi connectivity index (χ0v) is 31.3. The second-order valence-corrected chi connectivity index (χ2v) is 14.7. The standard InChI is InChI=1S/C37H30ClN5.C7H8O3S/c1-3-23-41-34(42(24-4-2)37-36(41)39-31-21-19-27(38)25-32(31)40-37)22-20-30-29-17-11-12-18-33(29)43(28-15-9-6-10-16-28)35(30)26-13-7-5-8-14-26;1-6-2-4-7(5-3-6)11(8,9)10/h3-22,25,34H,1-2,23-24H2;2-5H,1H3,(H,8,9,10)/p+1/b22-20+;. The minimum Gasteiger partial charge on any atom is -0.309 e. The van der Waals surface area contributed by atoms with Gasteiger partial charge in [0.15, 0.2) is 11.7 Å². The highest BCUT2D eigenvalue weighted by molar-refractivity contribution is 7.85. The maximum atomic E-state index is 10.5. The van der Waals surface area contributed by atoms with E-state index in [0.717, 1.165) is 56.3 Å². The highest BCUT2D eigenvalue weighted by atomic mass is 35.5. The van der Waals surface area contributed by atoms with Gasteiger partial charge < -0.3 is 9.47 Å². The van der Waals surface area contributed by atoms with E-state index < -0.39 is 10.1 Å². The Morgan fingerprint density at radius 1 is 0.833 bits per heavy atom. The summed E-state index contributed by atoms with van der Waals surface area (Å²) < 4.78 is 31.9. The fourth-order valence-electron chi connectivity index (χ4n) is 6.81. The number of aromatic amines is 1. The predicted octanol–water partition coefficient (Wildman–Crippen LogP) is 9.59. The second kappa shape index (κ2) is 15.5. The van der Waals surface area contributed by atoms with Crippen LogP contribution in [0.4, 0.5) is 11.6 Å². The molecule has 1 aliphatic rings. The molecule has 0 saturated heterocycles. The van der Waals surface area contributed by atoms with Crippen LogP contribution < -0.4 is 14.8 Å². The molecule has 8 rings (SSSR count). The minimum absolute atomic E-state index is 0.0666. The molecule has 0 amide bonds. The van der Waals surface area contributed by atoms with Crippen LogP contribution in [0.15, 0.2) is 164 Å². The normalized spacial score (nSPS) is 13.9. The smallest absolute Gasteiger partial charge is 0.309 e. The molecule has 5 aromatic carbocycles. The summed E-state index contributed by atoms with van der Waals surface area (Å²) in [7, 11) is -4.02. The predicted molar refractivity (Wildman–Crippen MR) is 221 cm³/mol. The largest absolute Gasteiger partial charge is 0.320 e. The van der Waals surface area contributed by atoms with Crippen LogP contribution in [-0.4, -0.2) is 41.8 Å². The highest BCUT2D eigenvalue weighted by Gasteiger charge is 2.42. The number of anilines is 2. The van der Waals surface area contributed by atoms with Gasteiger partial charge in [0, 0.05) is 28.2 Å². The Bertz CT molecular complexity index is 2610. The molecule has 2 N–H and O–H groups in total. The number of fused-ring (bicyclic) bond motifs is 3. The number of halogens is 1. The number of hydrogen-bond acceptors (Lipinski definition) is 5. The van der Waals surface area contributed by atoms with Crippen molar-refractivity contribution in [2.75, 3.05) is 22.9 Å². The van der Waals surface area contributed by atoms with E-state index in [1.54, 1.807) is 12.1 Å². The summed E-state index contributed by atoms with van der Waals surface area (Å²) in [6, 6.07) is 41.5. The first-order chi connectivity index (χ1) is 26.2. The van der Waals surface area contributed by atoms with Crippen LogP contribution in [-0.2, 0) is 10.1 Å². The number of para-hydroxylation sites is 2. The number of hydrogen-bond donors (Lipinski definition) is 1. The van der Waals surface area contributed by atoms with E-state index in [0.29, 0.717) is 18.1 Å². The van der Waals surface area contributed by atoms with E-state index in [4.69, 9.17) is 21.1 Å². The van der Waals surface area contributed by atoms with E-state index in [2.05, 4.69) is 130 Å². The average Bonchev–Trinajstić information content (AvgIpc) is 3.65. The van der Waals surface area contributed by atoms with Gasteiger partial charge in [0.1, 0.15) is 12.1 Å². The van der Waals surface area contributed by atoms with Crippen molar-refractivity contribution < 1.29 is 18.0 Å². The molecule has 7 aromatic rings. The first-order valence-corrected chi connectivity index (χ1v) is 19.2. The third-order valence-corrected chi connectivity index (χ3v) is 10.3. The Morgan fingerprint density at radius 2 is 1.48 bits per heavy atom. The SMILES string of the molecule is C=CCN1c2nc3cc(Cl)ccc3[nH+]c2N(CC=C)C1/C=C/c1c(-c2ccccc2)n(-c2ccccc2)c2ccccc12.Cc1ccc(S(=O)(=O)O)cc1. The average molecular weight is 753 g/mol. The van der Waals surface area contributed by atoms with Crippen molar-refractivity contribution >= 4 is 61.4 Å². The summed E-state index contributed by atoms with van der Waals surface area (Å²) in [5.74, 6) is 1.81. The van der Waals surface area contributed by atoms with Gasteiger partial charge in [-0.25, -0.2) is 14.9 Å². The van der Waals surface area contributed by atoms with E-state index in [-0.39, 0.29) is 11.1 Å². The van der Waals surface area contributed by atoms with Gasteiger partial charge in [-0.05, 0) is 67.1 Å². The maximum absolute atomic E-state index is 10.5. The molecule has 0 radical (unpaired) electrons. The number of rotatable bonds is 9. The van der Waals surface area contributed by atoms with Crippen molar-refractivity contribution in [3.8, 4) is 16.9 Å². The monoisotopic (exact) mass is 752 g/mol. The maximum Gasteiger partial charge on any atom is 0.320 e. The number of nitrogens with zero attached hydrogens (tertiary/aromatic N) is 4. The summed E-state index contributed by atoms with van der Waals surface area (Å²) in [5.41, 5.74) is 8.45. The van der Waals surface area contributed by atoms with E-state index in [1.807, 2.05) is 37.3 Å². The molecule has 0 saturated carbocycles. The Balaban J connectivity index is 0.000000353. The molecule has 54 heavy (non-hydrogen) atoms. The zero-order valence-electron chi connectivity index (χ0n) is 29.7. The summed E-state index contributed by atoms with van der Waals surface area (Å²) in [4.78, 5) is 13.2. The third kappa shape index (κ3) is 7.30. The lowest BCUT2D eigenvalue weighted by Crippen LogP contribution is -2.43. The van der Waals surface area contributed by atoms with Crippen LogP contribution in [0.1, 0.15) is 11.1 Å². The van der Waals surface area contributed by atoms with Gasteiger partial charge in [-0.2, -0.15) is 8.42 Å². The van der Waals surface area contributed by atoms with Crippen LogP contribution in [0, 0.1) is 6.92 Å². The van der Waals surface area contributed by atoms with Gasteiger partial charge in [0.2, 0.25) is 5.82 Å². The molecule has 1 atom stereocenters. The van der Waals surface area contributed by atoms with Crippen molar-refractivity contribution in [2.45, 2.75) is 18.0 Å². The van der Waals surface area contributed by atoms with Gasteiger partial charge >= 0.3 is 5.82 Å². The van der Waals surface area contributed by atoms with Gasteiger partial charge in [0.05, 0.1) is 16.1 Å². The number of aromatic nitrogens is 3. The molecular weight excluding hydrogens is 714 g/mol. The Morgan fingerprint density at radius 3 is 2.17 bits per heavy atom. The van der Waals surface area contributed by atoms with Gasteiger partial charge in [-0.15, -0.1) is 6.58 Å². The number of nitrogens with one attached hydrogen (secondary N) is 1. The first-order valence-electron chi connectivity index (χ1n) is 17.4. The molecular formula is C44H39ClN5O3S+. The van der Waals surface area contributed by atoms with Crippen molar-refractivity contribution in [2.24, 2.45) is 0 Å². The fraction of sp³-hybridized carbons (Fsp3) is 0.0909. The van der Waals surface area contributed by atoms with E-state index in [1.165, 1.54) is 17.5 Å². The van der Waals surface area contributed by atoms with E-state index >= 15 is 0 Å². The fourth-order valence-corrected chi connectivity index (χ4v) is 7.46. The molecule has 8 nitrogen and oxygen atoms in total. The van der Waals surface area contributed by atoms with Crippen molar-refractivity contribution in [3.05, 3.63) is 175 Å². The lowest BCUT2D eigenvalue weighted by molar-refractivity contribution is -0.329. The summed E-state index contributed by atoms with van der Waals surface area (Å²) in [5, 5.41) is 1.84. The zero-order chi connectivity index (χ0) is 37.8. The van der Waals surface area contributed by atoms with Crippen LogP contribution in [0.5, 0.6) is 0 Å². The van der Waals surface area contributed by atoms with Gasteiger partial charge in [-0.1, -0.05) is 121 Å². The van der Waals surface area contributed by atoms with Crippen LogP contribution >= 0.6 is 11.6 Å². The number of aryl methyl sites for hydroxylation is 1. The molecule has 1 aliphatic heterocycles. The molecule has 270 valence electrons. The highest BCUT2D eigenvalue weighted by Crippen LogP contribution is 2.40. The first kappa shape index (κ1) is 36.4. The summed E-state index contributed by atoms with van der Waals surface area (Å²) in [6.45, 7) is 11.2. The third-order valence-electron chi connectivity index (χ3n) is 9.23. The van der Waals surface area contributed by atoms with Crippen LogP contribution in [0.2, 0.25) is 5.02 Å². The van der Waals surface area contributed by atoms with E-state index in [9.17, 15) is 8.42 Å². The molecule has 0 fully saturated rings. The van der Waals surface area contributed by atoms with Crippen molar-refractivity contribution in [1.29, 1.82) is 0 Å². The van der Waals surface area contributed by atoms with Crippen LogP contribution in [0.25, 0.3) is 45.0 Å². The molecule has 0 spiro atoms. The minimum atomic E-state index is -4.02. The Kier molecular flexibility index (Phi) is 10.5. The number of H-pyrrole nitrogens is 1. The molecule has 0 bridgehead atoms. The molecule has 2 aromatic heterocycles. The lowest BCUT2D eigenvalue weighted by atomic mass is 10.0. The van der Waals surface area contributed by atoms with Crippen molar-refractivity contribution in [1.82, 2.24) is 9.55 Å². The van der Waals surface area contributed by atoms with Crippen molar-refractivity contribution in [3.63, 3.8) is 0 Å². The second-order valence-electron chi connectivity index (χ2n) is 12.8. The lowest BCUT2D eigenvalue weighted by Gasteiger charge is -2.23. The van der Waals surface area contributed by atoms with Crippen LogP contribution in [0.3, 0.4) is 0 Å². The summed E-state index contributed by atoms with van der Waals surface area (Å²) >= 11 is 6.33. The number of benzene rings is 5. The molecule has 1 unspecified atom stereocenters. The Labute approximate surface area is 320 Å². The van der Waals surface area contributed by atoms with Gasteiger partial charge in [-0.3, -0.25) is 4.55 Å². The van der Waals surface area contributed by atoms with Gasteiger partial charge in [0.25, 0.3) is 10.1 Å². The Hall–Kier alpha value is -6.00.